The molecule has 0 saturated heterocycles. The number of fused-ring (bicyclic) bond motifs is 1. The van der Waals surface area contributed by atoms with Crippen LogP contribution in [0.15, 0.2) is 50.4 Å². The molecule has 0 saturated carbocycles. The molecule has 2 rings (SSSR count). The highest BCUT2D eigenvalue weighted by Gasteiger charge is 2.37. The van der Waals surface area contributed by atoms with Gasteiger partial charge in [-0.2, -0.15) is 0 Å². The lowest BCUT2D eigenvalue weighted by Crippen LogP contribution is -2.61. The molecule has 0 aliphatic rings. The predicted molar refractivity (Wildman–Crippen MR) is 340 cm³/mol. The first kappa shape index (κ1) is 76.1. The number of nitrogens with one attached hydrogen (secondary N) is 9. The van der Waals surface area contributed by atoms with Gasteiger partial charge in [-0.15, -0.1) is 0 Å². The van der Waals surface area contributed by atoms with Crippen molar-refractivity contribution in [1.29, 1.82) is 0 Å². The Bertz CT molecular complexity index is 2740. The summed E-state index contributed by atoms with van der Waals surface area (Å²) < 4.78 is 0. The summed E-state index contributed by atoms with van der Waals surface area (Å²) in [6.07, 6.45) is 3.39. The first-order valence-corrected chi connectivity index (χ1v) is 30.0. The second kappa shape index (κ2) is 40.4. The highest BCUT2D eigenvalue weighted by atomic mass is 16.4. The van der Waals surface area contributed by atoms with E-state index in [0.29, 0.717) is 48.7 Å². The molecule has 33 nitrogen and oxygen atoms in total. The Morgan fingerprint density at radius 3 is 1.17 bits per heavy atom. The lowest BCUT2D eigenvalue weighted by Gasteiger charge is -2.30. The number of guanidine groups is 4. The van der Waals surface area contributed by atoms with Crippen LogP contribution >= 0.6 is 0 Å². The molecule has 0 unspecified atom stereocenters. The Morgan fingerprint density at radius 2 is 0.798 bits per heavy atom. The van der Waals surface area contributed by atoms with E-state index in [-0.39, 0.29) is 114 Å². The number of nitrogens with two attached hydrogens (primary N) is 10. The van der Waals surface area contributed by atoms with Crippen LogP contribution in [0.1, 0.15) is 124 Å². The van der Waals surface area contributed by atoms with Crippen molar-refractivity contribution in [3.8, 4) is 0 Å². The van der Waals surface area contributed by atoms with Crippen LogP contribution < -0.4 is 99.9 Å². The zero-order chi connectivity index (χ0) is 66.8. The van der Waals surface area contributed by atoms with Crippen molar-refractivity contribution in [3.05, 3.63) is 36.0 Å². The van der Waals surface area contributed by atoms with E-state index >= 15 is 4.79 Å². The summed E-state index contributed by atoms with van der Waals surface area (Å²) in [7, 11) is 0. The zero-order valence-corrected chi connectivity index (χ0v) is 51.9. The Labute approximate surface area is 518 Å². The Balaban J connectivity index is 2.74. The zero-order valence-electron chi connectivity index (χ0n) is 51.9. The molecule has 8 amide bonds. The molecular formula is C56H99N23O10. The van der Waals surface area contributed by atoms with Crippen LogP contribution in [0.2, 0.25) is 0 Å². The molecule has 0 aliphatic heterocycles. The van der Waals surface area contributed by atoms with E-state index in [4.69, 9.17) is 57.3 Å². The molecule has 1 aromatic carbocycles. The number of benzene rings is 1. The topological polar surface area (TPSA) is 596 Å². The van der Waals surface area contributed by atoms with Gasteiger partial charge in [0, 0.05) is 49.7 Å². The second-order valence-electron chi connectivity index (χ2n) is 21.9. The largest absolute Gasteiger partial charge is 0.480 e. The van der Waals surface area contributed by atoms with Crippen LogP contribution in [0.25, 0.3) is 10.9 Å². The average Bonchev–Trinajstić information content (AvgIpc) is 2.45. The minimum atomic E-state index is -1.50. The molecule has 89 heavy (non-hydrogen) atoms. The SMILES string of the molecule is CC[C@H](C)[C@H](NC(=O)[C@H](C)N)C(=O)N[C@@H](CCCN=C(N)N)C(=O)N[C@@H](CCCN=C(N)N)C(=O)N[C@@H](Cc1c[nH]c2ccccc12)C(=O)N[C@@H](CCCN=C(N)N)C(=O)N[C@H](C(=O)N[C@@H](CCCN=C(N)N)C(=O)N[C@@H](CCCCN)C(=O)O)[C@@H](C)CC. The number of aliphatic imine (C=N–C) groups is 4. The van der Waals surface area contributed by atoms with Crippen LogP contribution in [0.4, 0.5) is 0 Å². The van der Waals surface area contributed by atoms with Crippen LogP contribution in [-0.2, 0) is 49.6 Å². The summed E-state index contributed by atoms with van der Waals surface area (Å²) in [6, 6.07) is -4.62. The maximum atomic E-state index is 15.1. The molecular weight excluding hydrogens is 1150 g/mol. The number of unbranched alkanes of at least 4 members (excludes halogenated alkanes) is 1. The van der Waals surface area contributed by atoms with Gasteiger partial charge in [-0.25, -0.2) is 4.79 Å². The number of aromatic nitrogens is 1. The van der Waals surface area contributed by atoms with E-state index in [1.807, 2.05) is 6.92 Å². The Morgan fingerprint density at radius 1 is 0.461 bits per heavy atom. The molecule has 0 fully saturated rings. The molecule has 30 N–H and O–H groups in total. The minimum absolute atomic E-state index is 0.00373. The molecule has 11 atom stereocenters. The van der Waals surface area contributed by atoms with E-state index < -0.39 is 119 Å². The molecule has 0 radical (unpaired) electrons. The monoisotopic (exact) mass is 1250 g/mol. The van der Waals surface area contributed by atoms with E-state index in [1.165, 1.54) is 6.92 Å². The number of amides is 8. The van der Waals surface area contributed by atoms with Crippen LogP contribution in [0.3, 0.4) is 0 Å². The highest BCUT2D eigenvalue weighted by Crippen LogP contribution is 2.20. The number of carboxylic acids is 1. The van der Waals surface area contributed by atoms with Gasteiger partial charge >= 0.3 is 5.97 Å². The smallest absolute Gasteiger partial charge is 0.326 e. The van der Waals surface area contributed by atoms with Gasteiger partial charge in [0.15, 0.2) is 23.8 Å². The van der Waals surface area contributed by atoms with Gasteiger partial charge in [0.25, 0.3) is 0 Å². The molecule has 0 spiro atoms. The first-order chi connectivity index (χ1) is 42.1. The number of hydrogen-bond acceptors (Lipinski definition) is 15. The number of carboxylic acid groups (broad SMARTS) is 1. The standard InChI is InChI=1S/C56H99N23O10/c1-6-30(3)42(78-44(80)32(5)58)50(86)74-37(20-13-25-68-54(61)62)45(81)72-36(19-12-24-67-53(59)60)47(83)77-41(28-33-29-71-35-17-9-8-16-34(33)35)49(85)73-39(22-15-27-70-56(65)66)48(84)79-43(31(4)7-2)51(87)75-38(21-14-26-69-55(63)64)46(82)76-40(52(88)89)18-10-11-23-57/h8-9,16-17,29-32,36-43,71H,6-7,10-15,18-28,57-58H2,1-5H3,(H,72,81)(H,73,85)(H,74,86)(H,75,87)(H,76,82)(H,77,83)(H,78,80)(H,79,84)(H,88,89)(H4,59,60,67)(H4,61,62,68)(H4,63,64,69)(H4,65,66,70)/t30-,31-,32-,36-,37-,38-,39-,40-,41-,42-,43-/m0/s1. The number of aliphatic carboxylic acids is 1. The van der Waals surface area contributed by atoms with Crippen molar-refractivity contribution < 1.29 is 48.3 Å². The Hall–Kier alpha value is -9.01. The number of hydrogen-bond donors (Lipinski definition) is 20. The number of aromatic amines is 1. The van der Waals surface area contributed by atoms with E-state index in [0.717, 1.165) is 0 Å². The fourth-order valence-electron chi connectivity index (χ4n) is 9.12. The van der Waals surface area contributed by atoms with Gasteiger partial charge in [-0.1, -0.05) is 58.7 Å². The third kappa shape index (κ3) is 28.6. The summed E-state index contributed by atoms with van der Waals surface area (Å²) in [5.41, 5.74) is 57.3. The van der Waals surface area contributed by atoms with Crippen molar-refractivity contribution in [2.45, 2.75) is 179 Å². The van der Waals surface area contributed by atoms with Crippen molar-refractivity contribution in [2.24, 2.45) is 89.1 Å². The Kier molecular flexibility index (Phi) is 34.6. The van der Waals surface area contributed by atoms with E-state index in [9.17, 15) is 43.5 Å². The van der Waals surface area contributed by atoms with Crippen LogP contribution in [0.5, 0.6) is 0 Å². The predicted octanol–water partition coefficient (Wildman–Crippen LogP) is -4.54. The van der Waals surface area contributed by atoms with Crippen LogP contribution in [0, 0.1) is 11.8 Å². The van der Waals surface area contributed by atoms with E-state index in [2.05, 4.69) is 67.5 Å². The minimum Gasteiger partial charge on any atom is -0.480 e. The molecule has 1 aromatic heterocycles. The number of carbonyl (C=O) groups excluding carboxylic acids is 8. The normalized spacial score (nSPS) is 14.7. The summed E-state index contributed by atoms with van der Waals surface area (Å²) in [4.78, 5) is 146. The van der Waals surface area contributed by atoms with Crippen molar-refractivity contribution in [2.75, 3.05) is 32.7 Å². The van der Waals surface area contributed by atoms with E-state index in [1.54, 1.807) is 51.2 Å². The van der Waals surface area contributed by atoms with Crippen LogP contribution in [-0.4, -0.2) is 174 Å². The van der Waals surface area contributed by atoms with Crippen molar-refractivity contribution in [1.82, 2.24) is 47.5 Å². The maximum absolute atomic E-state index is 15.1. The second-order valence-corrected chi connectivity index (χ2v) is 21.9. The molecule has 2 aromatic rings. The van der Waals surface area contributed by atoms with Crippen molar-refractivity contribution in [3.63, 3.8) is 0 Å². The van der Waals surface area contributed by atoms with Gasteiger partial charge in [0.05, 0.1) is 6.04 Å². The summed E-state index contributed by atoms with van der Waals surface area (Å²) in [5, 5.41) is 32.3. The van der Waals surface area contributed by atoms with Crippen molar-refractivity contribution >= 4 is 88.0 Å². The molecule has 0 bridgehead atoms. The number of nitrogens with zero attached hydrogens (tertiary/aromatic N) is 4. The maximum Gasteiger partial charge on any atom is 0.326 e. The number of H-pyrrole nitrogens is 1. The molecule has 0 aliphatic carbocycles. The van der Waals surface area contributed by atoms with Gasteiger partial charge in [-0.3, -0.25) is 58.3 Å². The van der Waals surface area contributed by atoms with Gasteiger partial charge in [0.1, 0.15) is 48.3 Å². The fourth-order valence-corrected chi connectivity index (χ4v) is 9.12. The third-order valence-corrected chi connectivity index (χ3v) is 14.6. The summed E-state index contributed by atoms with van der Waals surface area (Å²) in [5.74, 6) is -9.62. The quantitative estimate of drug-likeness (QED) is 0.0169. The summed E-state index contributed by atoms with van der Waals surface area (Å²) in [6.45, 7) is 8.87. The number of carbonyl (C=O) groups is 9. The van der Waals surface area contributed by atoms with Gasteiger partial charge in [0.2, 0.25) is 47.3 Å². The molecule has 33 heteroatoms. The number of para-hydroxylation sites is 1. The summed E-state index contributed by atoms with van der Waals surface area (Å²) >= 11 is 0. The lowest BCUT2D eigenvalue weighted by molar-refractivity contribution is -0.142. The fraction of sp³-hybridized carbons (Fsp3) is 0.625. The van der Waals surface area contributed by atoms with Gasteiger partial charge in [-0.05, 0) is 108 Å². The average molecular weight is 1250 g/mol. The highest BCUT2D eigenvalue weighted by molar-refractivity contribution is 5.99. The first-order valence-electron chi connectivity index (χ1n) is 30.0. The molecule has 1 heterocycles. The van der Waals surface area contributed by atoms with Gasteiger partial charge < -0.3 is 110 Å². The third-order valence-electron chi connectivity index (χ3n) is 14.6. The lowest BCUT2D eigenvalue weighted by atomic mass is 9.96. The molecule has 498 valence electrons. The number of rotatable bonds is 43.